The molecule has 0 spiro atoms. The molecule has 4 heteroatoms. The summed E-state index contributed by atoms with van der Waals surface area (Å²) in [5.74, 6) is 1.94. The van der Waals surface area contributed by atoms with E-state index in [4.69, 9.17) is 5.73 Å². The highest BCUT2D eigenvalue weighted by Crippen LogP contribution is 2.23. The Labute approximate surface area is 148 Å². The van der Waals surface area contributed by atoms with Gasteiger partial charge in [0, 0.05) is 18.8 Å². The average molecular weight is 340 g/mol. The standard InChI is InChI=1S/C20H24N2OS/c1-15-6-8-16(9-7-15)14-24-11-10-19(21)20(23)22-12-17-4-2-3-5-18(17)13-22/h2-9,19H,10-14,21H2,1H3/t19-/m1/s1. The van der Waals surface area contributed by atoms with Crippen LogP contribution < -0.4 is 5.73 Å². The minimum absolute atomic E-state index is 0.0714. The van der Waals surface area contributed by atoms with Crippen molar-refractivity contribution < 1.29 is 4.79 Å². The van der Waals surface area contributed by atoms with Crippen LogP contribution in [0.5, 0.6) is 0 Å². The predicted octanol–water partition coefficient (Wildman–Crippen LogP) is 3.49. The Balaban J connectivity index is 1.41. The predicted molar refractivity (Wildman–Crippen MR) is 101 cm³/mol. The molecule has 1 heterocycles. The first kappa shape index (κ1) is 17.1. The van der Waals surface area contributed by atoms with Crippen molar-refractivity contribution in [3.8, 4) is 0 Å². The van der Waals surface area contributed by atoms with Gasteiger partial charge >= 0.3 is 0 Å². The Morgan fingerprint density at radius 2 is 1.75 bits per heavy atom. The van der Waals surface area contributed by atoms with Crippen LogP contribution in [-0.4, -0.2) is 22.6 Å². The number of hydrogen-bond donors (Lipinski definition) is 1. The SMILES string of the molecule is Cc1ccc(CSCC[C@@H](N)C(=O)N2Cc3ccccc3C2)cc1. The van der Waals surface area contributed by atoms with Crippen molar-refractivity contribution in [3.63, 3.8) is 0 Å². The molecule has 0 aromatic heterocycles. The molecule has 2 aromatic rings. The van der Waals surface area contributed by atoms with Crippen molar-refractivity contribution in [3.05, 3.63) is 70.8 Å². The van der Waals surface area contributed by atoms with Gasteiger partial charge in [-0.15, -0.1) is 0 Å². The zero-order valence-corrected chi connectivity index (χ0v) is 14.9. The first-order valence-corrected chi connectivity index (χ1v) is 9.53. The third-order valence-corrected chi connectivity index (χ3v) is 5.49. The summed E-state index contributed by atoms with van der Waals surface area (Å²) in [5.41, 5.74) is 11.2. The number of rotatable bonds is 6. The fourth-order valence-electron chi connectivity index (χ4n) is 2.93. The van der Waals surface area contributed by atoms with E-state index in [9.17, 15) is 4.79 Å². The van der Waals surface area contributed by atoms with Crippen LogP contribution >= 0.6 is 11.8 Å². The molecule has 1 amide bonds. The van der Waals surface area contributed by atoms with E-state index in [1.807, 2.05) is 28.8 Å². The minimum atomic E-state index is -0.398. The fraction of sp³-hybridized carbons (Fsp3) is 0.350. The van der Waals surface area contributed by atoms with Crippen molar-refractivity contribution in [1.82, 2.24) is 4.90 Å². The van der Waals surface area contributed by atoms with E-state index in [2.05, 4.69) is 43.3 Å². The number of benzene rings is 2. The van der Waals surface area contributed by atoms with Gasteiger partial charge in [-0.1, -0.05) is 54.1 Å². The van der Waals surface area contributed by atoms with Gasteiger partial charge in [-0.2, -0.15) is 11.8 Å². The second-order valence-electron chi connectivity index (χ2n) is 6.40. The van der Waals surface area contributed by atoms with Gasteiger partial charge in [-0.05, 0) is 35.8 Å². The molecule has 24 heavy (non-hydrogen) atoms. The first-order valence-electron chi connectivity index (χ1n) is 8.38. The maximum absolute atomic E-state index is 12.5. The van der Waals surface area contributed by atoms with Gasteiger partial charge in [0.1, 0.15) is 0 Å². The molecule has 3 rings (SSSR count). The number of carbonyl (C=O) groups excluding carboxylic acids is 1. The lowest BCUT2D eigenvalue weighted by Crippen LogP contribution is -2.41. The Morgan fingerprint density at radius 3 is 2.38 bits per heavy atom. The van der Waals surface area contributed by atoms with Gasteiger partial charge in [0.2, 0.25) is 5.91 Å². The summed E-state index contributed by atoms with van der Waals surface area (Å²) in [6, 6.07) is 16.4. The van der Waals surface area contributed by atoms with Crippen LogP contribution in [0.15, 0.2) is 48.5 Å². The summed E-state index contributed by atoms with van der Waals surface area (Å²) in [4.78, 5) is 14.4. The Hall–Kier alpha value is -1.78. The quantitative estimate of drug-likeness (QED) is 0.819. The molecule has 0 fully saturated rings. The van der Waals surface area contributed by atoms with E-state index in [1.165, 1.54) is 22.3 Å². The zero-order valence-electron chi connectivity index (χ0n) is 14.1. The molecular formula is C20H24N2OS. The normalized spacial score (nSPS) is 14.5. The molecule has 0 radical (unpaired) electrons. The molecule has 2 N–H and O–H groups in total. The van der Waals surface area contributed by atoms with Crippen molar-refractivity contribution >= 4 is 17.7 Å². The number of hydrogen-bond acceptors (Lipinski definition) is 3. The molecule has 1 aliphatic rings. The molecular weight excluding hydrogens is 316 g/mol. The molecule has 3 nitrogen and oxygen atoms in total. The molecule has 126 valence electrons. The number of nitrogens with two attached hydrogens (primary N) is 1. The summed E-state index contributed by atoms with van der Waals surface area (Å²) >= 11 is 1.84. The summed E-state index contributed by atoms with van der Waals surface area (Å²) in [6.07, 6.45) is 0.724. The number of aryl methyl sites for hydroxylation is 1. The maximum atomic E-state index is 12.5. The summed E-state index contributed by atoms with van der Waals surface area (Å²) < 4.78 is 0. The minimum Gasteiger partial charge on any atom is -0.333 e. The van der Waals surface area contributed by atoms with Gasteiger partial charge in [-0.3, -0.25) is 4.79 Å². The van der Waals surface area contributed by atoms with Gasteiger partial charge in [0.15, 0.2) is 0 Å². The van der Waals surface area contributed by atoms with E-state index < -0.39 is 6.04 Å². The van der Waals surface area contributed by atoms with E-state index in [0.29, 0.717) is 13.1 Å². The van der Waals surface area contributed by atoms with Gasteiger partial charge in [0.05, 0.1) is 6.04 Å². The van der Waals surface area contributed by atoms with Gasteiger partial charge < -0.3 is 10.6 Å². The molecule has 0 saturated carbocycles. The second kappa shape index (κ2) is 7.86. The number of thioether (sulfide) groups is 1. The fourth-order valence-corrected chi connectivity index (χ4v) is 3.92. The molecule has 1 aliphatic heterocycles. The van der Waals surface area contributed by atoms with E-state index >= 15 is 0 Å². The highest BCUT2D eigenvalue weighted by Gasteiger charge is 2.26. The van der Waals surface area contributed by atoms with Crippen LogP contribution in [0.4, 0.5) is 0 Å². The van der Waals surface area contributed by atoms with Crippen LogP contribution in [-0.2, 0) is 23.6 Å². The third kappa shape index (κ3) is 4.19. The Bertz CT molecular complexity index is 674. The van der Waals surface area contributed by atoms with Crippen LogP contribution in [0.25, 0.3) is 0 Å². The largest absolute Gasteiger partial charge is 0.333 e. The lowest BCUT2D eigenvalue weighted by Gasteiger charge is -2.20. The summed E-state index contributed by atoms with van der Waals surface area (Å²) in [6.45, 7) is 3.48. The Kier molecular flexibility index (Phi) is 5.59. The van der Waals surface area contributed by atoms with Crippen LogP contribution in [0.3, 0.4) is 0 Å². The van der Waals surface area contributed by atoms with Crippen molar-refractivity contribution in [2.75, 3.05) is 5.75 Å². The van der Waals surface area contributed by atoms with Crippen molar-refractivity contribution in [2.45, 2.75) is 38.2 Å². The average Bonchev–Trinajstić information content (AvgIpc) is 3.03. The molecule has 0 bridgehead atoms. The summed E-state index contributed by atoms with van der Waals surface area (Å²) in [5, 5.41) is 0. The lowest BCUT2D eigenvalue weighted by molar-refractivity contribution is -0.133. The zero-order chi connectivity index (χ0) is 16.9. The third-order valence-electron chi connectivity index (χ3n) is 4.43. The monoisotopic (exact) mass is 340 g/mol. The molecule has 2 aromatic carbocycles. The van der Waals surface area contributed by atoms with E-state index in [0.717, 1.165) is 17.9 Å². The van der Waals surface area contributed by atoms with Crippen molar-refractivity contribution in [2.24, 2.45) is 5.73 Å². The van der Waals surface area contributed by atoms with Gasteiger partial charge in [-0.25, -0.2) is 0 Å². The molecule has 1 atom stereocenters. The molecule has 0 aliphatic carbocycles. The molecule has 0 saturated heterocycles. The van der Waals surface area contributed by atoms with E-state index in [1.54, 1.807) is 0 Å². The number of carbonyl (C=O) groups is 1. The number of amides is 1. The highest BCUT2D eigenvalue weighted by atomic mass is 32.2. The maximum Gasteiger partial charge on any atom is 0.240 e. The number of fused-ring (bicyclic) bond motifs is 1. The smallest absolute Gasteiger partial charge is 0.240 e. The summed E-state index contributed by atoms with van der Waals surface area (Å²) in [7, 11) is 0. The van der Waals surface area contributed by atoms with Crippen LogP contribution in [0, 0.1) is 6.92 Å². The van der Waals surface area contributed by atoms with Gasteiger partial charge in [0.25, 0.3) is 0 Å². The van der Waals surface area contributed by atoms with Crippen LogP contribution in [0.2, 0.25) is 0 Å². The van der Waals surface area contributed by atoms with E-state index in [-0.39, 0.29) is 5.91 Å². The lowest BCUT2D eigenvalue weighted by atomic mass is 10.1. The topological polar surface area (TPSA) is 46.3 Å². The molecule has 0 unspecified atom stereocenters. The highest BCUT2D eigenvalue weighted by molar-refractivity contribution is 7.98. The number of nitrogens with zero attached hydrogens (tertiary/aromatic N) is 1. The first-order chi connectivity index (χ1) is 11.6. The van der Waals surface area contributed by atoms with Crippen LogP contribution in [0.1, 0.15) is 28.7 Å². The Morgan fingerprint density at radius 1 is 1.12 bits per heavy atom. The second-order valence-corrected chi connectivity index (χ2v) is 7.50. The van der Waals surface area contributed by atoms with Crippen molar-refractivity contribution in [1.29, 1.82) is 0 Å².